The zero-order valence-corrected chi connectivity index (χ0v) is 12.0. The lowest BCUT2D eigenvalue weighted by Crippen LogP contribution is -2.47. The molecule has 0 saturated carbocycles. The molecule has 0 bridgehead atoms. The average Bonchev–Trinajstić information content (AvgIpc) is 2.56. The van der Waals surface area contributed by atoms with Crippen LogP contribution < -0.4 is 5.32 Å². The van der Waals surface area contributed by atoms with Gasteiger partial charge in [-0.1, -0.05) is 0 Å². The third-order valence-corrected chi connectivity index (χ3v) is 4.09. The van der Waals surface area contributed by atoms with Crippen molar-refractivity contribution < 1.29 is 9.59 Å². The molecule has 0 radical (unpaired) electrons. The Balaban J connectivity index is 1.85. The molecule has 2 fully saturated rings. The van der Waals surface area contributed by atoms with Crippen molar-refractivity contribution in [3.8, 4) is 0 Å². The smallest absolute Gasteiger partial charge is 0.222 e. The van der Waals surface area contributed by atoms with Crippen LogP contribution in [0.15, 0.2) is 0 Å². The molecule has 2 amide bonds. The first-order chi connectivity index (χ1) is 9.06. The lowest BCUT2D eigenvalue weighted by Gasteiger charge is -2.37. The Morgan fingerprint density at radius 1 is 1.26 bits per heavy atom. The Bertz CT molecular complexity index is 344. The van der Waals surface area contributed by atoms with Gasteiger partial charge in [-0.2, -0.15) is 0 Å². The molecular formula is C14H25N3O2. The van der Waals surface area contributed by atoms with Crippen molar-refractivity contribution in [1.29, 1.82) is 0 Å². The maximum atomic E-state index is 11.8. The fraction of sp³-hybridized carbons (Fsp3) is 0.857. The van der Waals surface area contributed by atoms with Crippen LogP contribution >= 0.6 is 0 Å². The monoisotopic (exact) mass is 267 g/mol. The van der Waals surface area contributed by atoms with Gasteiger partial charge in [-0.25, -0.2) is 0 Å². The highest BCUT2D eigenvalue weighted by Crippen LogP contribution is 2.20. The van der Waals surface area contributed by atoms with Crippen LogP contribution in [0.1, 0.15) is 33.1 Å². The van der Waals surface area contributed by atoms with E-state index in [-0.39, 0.29) is 5.91 Å². The third kappa shape index (κ3) is 3.93. The molecule has 1 unspecified atom stereocenters. The molecule has 0 aliphatic carbocycles. The van der Waals surface area contributed by atoms with Gasteiger partial charge in [-0.15, -0.1) is 0 Å². The first-order valence-electron chi connectivity index (χ1n) is 7.35. The van der Waals surface area contributed by atoms with Crippen molar-refractivity contribution in [1.82, 2.24) is 15.1 Å². The molecule has 0 aromatic carbocycles. The minimum Gasteiger partial charge on any atom is -0.355 e. The van der Waals surface area contributed by atoms with Gasteiger partial charge < -0.3 is 15.1 Å². The largest absolute Gasteiger partial charge is 0.355 e. The number of hydrogen-bond donors (Lipinski definition) is 1. The molecule has 2 saturated heterocycles. The normalized spacial score (nSPS) is 26.5. The number of hydrogen-bond acceptors (Lipinski definition) is 3. The van der Waals surface area contributed by atoms with E-state index in [1.54, 1.807) is 0 Å². The Kier molecular flexibility index (Phi) is 4.80. The average molecular weight is 267 g/mol. The molecule has 5 nitrogen and oxygen atoms in total. The summed E-state index contributed by atoms with van der Waals surface area (Å²) in [4.78, 5) is 27.5. The van der Waals surface area contributed by atoms with Crippen LogP contribution in [0.3, 0.4) is 0 Å². The molecule has 0 aromatic rings. The van der Waals surface area contributed by atoms with Gasteiger partial charge in [0.2, 0.25) is 11.8 Å². The lowest BCUT2D eigenvalue weighted by molar-refractivity contribution is -0.136. The molecule has 108 valence electrons. The van der Waals surface area contributed by atoms with Crippen LogP contribution in [0.2, 0.25) is 0 Å². The molecule has 2 aliphatic heterocycles. The maximum Gasteiger partial charge on any atom is 0.222 e. The van der Waals surface area contributed by atoms with Gasteiger partial charge in [0.25, 0.3) is 0 Å². The van der Waals surface area contributed by atoms with E-state index in [1.165, 1.54) is 0 Å². The van der Waals surface area contributed by atoms with Crippen molar-refractivity contribution in [2.45, 2.75) is 39.2 Å². The summed E-state index contributed by atoms with van der Waals surface area (Å²) in [5, 5.41) is 2.90. The van der Waals surface area contributed by atoms with Gasteiger partial charge in [-0.05, 0) is 26.2 Å². The topological polar surface area (TPSA) is 52.6 Å². The van der Waals surface area contributed by atoms with Crippen molar-refractivity contribution in [3.63, 3.8) is 0 Å². The highest BCUT2D eigenvalue weighted by Gasteiger charge is 2.28. The van der Waals surface area contributed by atoms with E-state index < -0.39 is 0 Å². The van der Waals surface area contributed by atoms with Crippen molar-refractivity contribution >= 4 is 11.8 Å². The Hall–Kier alpha value is -1.10. The highest BCUT2D eigenvalue weighted by atomic mass is 16.2. The third-order valence-electron chi connectivity index (χ3n) is 4.09. The number of nitrogens with zero attached hydrogens (tertiary/aromatic N) is 2. The zero-order chi connectivity index (χ0) is 13.8. The fourth-order valence-corrected chi connectivity index (χ4v) is 2.95. The summed E-state index contributed by atoms with van der Waals surface area (Å²) >= 11 is 0. The zero-order valence-electron chi connectivity index (χ0n) is 12.0. The van der Waals surface area contributed by atoms with Crippen LogP contribution in [0.25, 0.3) is 0 Å². The van der Waals surface area contributed by atoms with Gasteiger partial charge in [0.1, 0.15) is 0 Å². The predicted molar refractivity (Wildman–Crippen MR) is 73.6 cm³/mol. The SMILES string of the molecule is CC(C)N1CC(CN2CCNC(=O)CC2)CCC1=O. The highest BCUT2D eigenvalue weighted by molar-refractivity contribution is 5.77. The van der Waals surface area contributed by atoms with Crippen molar-refractivity contribution in [2.75, 3.05) is 32.7 Å². The summed E-state index contributed by atoms with van der Waals surface area (Å²) in [6.45, 7) is 8.55. The molecular weight excluding hydrogens is 242 g/mol. The summed E-state index contributed by atoms with van der Waals surface area (Å²) in [5.74, 6) is 0.998. The van der Waals surface area contributed by atoms with E-state index in [0.29, 0.717) is 30.7 Å². The quantitative estimate of drug-likeness (QED) is 0.808. The van der Waals surface area contributed by atoms with Gasteiger partial charge in [0, 0.05) is 51.6 Å². The standard InChI is InChI=1S/C14H25N3O2/c1-11(2)17-10-12(3-4-14(17)19)9-16-7-5-13(18)15-6-8-16/h11-12H,3-10H2,1-2H3,(H,15,18). The van der Waals surface area contributed by atoms with Crippen LogP contribution in [-0.4, -0.2) is 60.4 Å². The van der Waals surface area contributed by atoms with Gasteiger partial charge in [-0.3, -0.25) is 9.59 Å². The van der Waals surface area contributed by atoms with Gasteiger partial charge in [0.15, 0.2) is 0 Å². The molecule has 2 aliphatic rings. The van der Waals surface area contributed by atoms with E-state index in [2.05, 4.69) is 24.1 Å². The number of nitrogens with one attached hydrogen (secondary N) is 1. The van der Waals surface area contributed by atoms with E-state index in [1.807, 2.05) is 4.90 Å². The van der Waals surface area contributed by atoms with Gasteiger partial charge >= 0.3 is 0 Å². The van der Waals surface area contributed by atoms with E-state index in [9.17, 15) is 9.59 Å². The Morgan fingerprint density at radius 3 is 2.79 bits per heavy atom. The summed E-state index contributed by atoms with van der Waals surface area (Å²) in [7, 11) is 0. The molecule has 19 heavy (non-hydrogen) atoms. The maximum absolute atomic E-state index is 11.8. The van der Waals surface area contributed by atoms with Crippen LogP contribution in [0.5, 0.6) is 0 Å². The minimum atomic E-state index is 0.158. The summed E-state index contributed by atoms with van der Waals surface area (Å²) < 4.78 is 0. The van der Waals surface area contributed by atoms with E-state index >= 15 is 0 Å². The molecule has 2 heterocycles. The number of carbonyl (C=O) groups excluding carboxylic acids is 2. The molecule has 0 spiro atoms. The predicted octanol–water partition coefficient (Wildman–Crippen LogP) is 0.455. The molecule has 0 aromatic heterocycles. The summed E-state index contributed by atoms with van der Waals surface area (Å²) in [5.41, 5.74) is 0. The molecule has 2 rings (SSSR count). The van der Waals surface area contributed by atoms with Gasteiger partial charge in [0.05, 0.1) is 0 Å². The number of likely N-dealkylation sites (tertiary alicyclic amines) is 1. The number of piperidine rings is 1. The van der Waals surface area contributed by atoms with E-state index in [0.717, 1.165) is 39.1 Å². The second-order valence-electron chi connectivity index (χ2n) is 5.95. The number of amides is 2. The minimum absolute atomic E-state index is 0.158. The first kappa shape index (κ1) is 14.3. The number of carbonyl (C=O) groups is 2. The van der Waals surface area contributed by atoms with Crippen LogP contribution in [0.4, 0.5) is 0 Å². The molecule has 1 atom stereocenters. The second kappa shape index (κ2) is 6.37. The lowest BCUT2D eigenvalue weighted by atomic mass is 9.95. The van der Waals surface area contributed by atoms with Crippen LogP contribution in [-0.2, 0) is 9.59 Å². The second-order valence-corrected chi connectivity index (χ2v) is 5.95. The molecule has 5 heteroatoms. The van der Waals surface area contributed by atoms with Crippen molar-refractivity contribution in [3.05, 3.63) is 0 Å². The summed E-state index contributed by atoms with van der Waals surface area (Å²) in [6, 6.07) is 0.294. The Labute approximate surface area is 115 Å². The first-order valence-corrected chi connectivity index (χ1v) is 7.35. The van der Waals surface area contributed by atoms with E-state index in [4.69, 9.17) is 0 Å². The Morgan fingerprint density at radius 2 is 2.05 bits per heavy atom. The van der Waals surface area contributed by atoms with Crippen LogP contribution in [0, 0.1) is 5.92 Å². The molecule has 1 N–H and O–H groups in total. The fourth-order valence-electron chi connectivity index (χ4n) is 2.95. The summed E-state index contributed by atoms with van der Waals surface area (Å²) in [6.07, 6.45) is 2.26. The van der Waals surface area contributed by atoms with Crippen molar-refractivity contribution in [2.24, 2.45) is 5.92 Å². The number of rotatable bonds is 3.